The zero-order valence-corrected chi connectivity index (χ0v) is 19.7. The van der Waals surface area contributed by atoms with Gasteiger partial charge in [-0.3, -0.25) is 0 Å². The van der Waals surface area contributed by atoms with Crippen molar-refractivity contribution >= 4 is 48.2 Å². The maximum Gasteiger partial charge on any atom is 1.00 e. The molecule has 0 saturated heterocycles. The average Bonchev–Trinajstić information content (AvgIpc) is 2.61. The van der Waals surface area contributed by atoms with Crippen LogP contribution in [0.15, 0.2) is 52.1 Å². The first-order valence-corrected chi connectivity index (χ1v) is 9.80. The molecule has 0 amide bonds. The van der Waals surface area contributed by atoms with Crippen molar-refractivity contribution in [3.05, 3.63) is 51.9 Å². The monoisotopic (exact) mass is 458 g/mol. The summed E-state index contributed by atoms with van der Waals surface area (Å²) in [6.07, 6.45) is 1.37. The summed E-state index contributed by atoms with van der Waals surface area (Å²) in [4.78, 5) is 10.1. The molecule has 27 heavy (non-hydrogen) atoms. The van der Waals surface area contributed by atoms with Gasteiger partial charge in [0.25, 0.3) is 0 Å². The third-order valence-electron chi connectivity index (χ3n) is 3.71. The summed E-state index contributed by atoms with van der Waals surface area (Å²) in [5.41, 5.74) is 0.917. The van der Waals surface area contributed by atoms with Crippen LogP contribution in [-0.4, -0.2) is 39.6 Å². The molecule has 10 heteroatoms. The van der Waals surface area contributed by atoms with Gasteiger partial charge in [-0.25, -0.2) is 13.4 Å². The summed E-state index contributed by atoms with van der Waals surface area (Å²) in [6, 6.07) is 10.6. The minimum atomic E-state index is -4.02. The molecule has 2 aromatic carbocycles. The Morgan fingerprint density at radius 1 is 1.11 bits per heavy atom. The molecule has 0 spiro atoms. The second-order valence-electron chi connectivity index (χ2n) is 5.61. The van der Waals surface area contributed by atoms with Gasteiger partial charge in [-0.2, -0.15) is 0 Å². The zero-order chi connectivity index (χ0) is 18.9. The van der Waals surface area contributed by atoms with Crippen molar-refractivity contribution in [2.24, 2.45) is 0 Å². The molecule has 0 aliphatic heterocycles. The number of anilines is 1. The third kappa shape index (κ3) is 4.55. The molecule has 0 aliphatic carbocycles. The zero-order valence-electron chi connectivity index (χ0n) is 15.3. The van der Waals surface area contributed by atoms with Crippen LogP contribution >= 0.6 is 15.9 Å². The van der Waals surface area contributed by atoms with Crippen molar-refractivity contribution in [3.8, 4) is 5.88 Å². The van der Waals surface area contributed by atoms with Gasteiger partial charge in [0.2, 0.25) is 15.9 Å². The number of methoxy groups -OCH3 is 1. The fourth-order valence-corrected chi connectivity index (χ4v) is 4.01. The van der Waals surface area contributed by atoms with Crippen molar-refractivity contribution in [1.29, 1.82) is 0 Å². The van der Waals surface area contributed by atoms with E-state index < -0.39 is 10.0 Å². The Kier molecular flexibility index (Phi) is 7.09. The number of hydrogen-bond donors (Lipinski definition) is 0. The van der Waals surface area contributed by atoms with Gasteiger partial charge in [0.05, 0.1) is 12.0 Å². The van der Waals surface area contributed by atoms with Gasteiger partial charge >= 0.3 is 29.6 Å². The first-order valence-electron chi connectivity index (χ1n) is 7.57. The smallest absolute Gasteiger partial charge is 0.481 e. The van der Waals surface area contributed by atoms with Crippen LogP contribution in [0.25, 0.3) is 15.5 Å². The topological polar surface area (TPSA) is 86.5 Å². The van der Waals surface area contributed by atoms with E-state index >= 15 is 0 Å². The van der Waals surface area contributed by atoms with Crippen molar-refractivity contribution in [3.63, 3.8) is 0 Å². The number of nitrogens with zero attached hydrogens (tertiary/aromatic N) is 4. The second-order valence-corrected chi connectivity index (χ2v) is 8.00. The predicted molar refractivity (Wildman–Crippen MR) is 105 cm³/mol. The Morgan fingerprint density at radius 3 is 2.44 bits per heavy atom. The quantitative estimate of drug-likeness (QED) is 0.527. The first-order chi connectivity index (χ1) is 12.3. The van der Waals surface area contributed by atoms with Crippen LogP contribution in [0.4, 0.5) is 11.5 Å². The first kappa shape index (κ1) is 21.9. The number of ether oxygens (including phenoxy) is 1. The molecule has 0 bridgehead atoms. The normalized spacial score (nSPS) is 11.0. The van der Waals surface area contributed by atoms with Gasteiger partial charge < -0.3 is 19.3 Å². The predicted octanol–water partition coefficient (Wildman–Crippen LogP) is 0.865. The van der Waals surface area contributed by atoms with E-state index in [1.54, 1.807) is 12.1 Å². The maximum absolute atomic E-state index is 12.9. The third-order valence-corrected chi connectivity index (χ3v) is 5.42. The van der Waals surface area contributed by atoms with Crippen molar-refractivity contribution in [2.75, 3.05) is 26.1 Å². The minimum absolute atomic E-state index is 0. The van der Waals surface area contributed by atoms with Crippen LogP contribution in [0, 0.1) is 0 Å². The van der Waals surface area contributed by atoms with E-state index in [1.165, 1.54) is 19.4 Å². The van der Waals surface area contributed by atoms with Crippen molar-refractivity contribution in [1.82, 2.24) is 9.97 Å². The summed E-state index contributed by atoms with van der Waals surface area (Å²) >= 11 is 3.17. The molecule has 0 aliphatic rings. The molecular weight excluding hydrogens is 443 g/mol. The Bertz CT molecular complexity index is 1080. The standard InChI is InChI=1S/C17H16BrN4O3S.Na/c1-22(2)13-8-4-7-12-11(13)6-5-9-14(12)26(23,24)21-16-17(25-3)20-15(18)10-19-16;/h4-10H,1-3H3;/q-1;+1. The molecule has 1 aromatic heterocycles. The molecule has 7 nitrogen and oxygen atoms in total. The van der Waals surface area contributed by atoms with Crippen LogP contribution in [0.3, 0.4) is 0 Å². The van der Waals surface area contributed by atoms with Crippen LogP contribution in [0.2, 0.25) is 0 Å². The number of rotatable bonds is 5. The summed E-state index contributed by atoms with van der Waals surface area (Å²) in [5.74, 6) is -0.0753. The molecule has 0 N–H and O–H groups in total. The van der Waals surface area contributed by atoms with Crippen LogP contribution < -0.4 is 39.2 Å². The fraction of sp³-hybridized carbons (Fsp3) is 0.176. The largest absolute Gasteiger partial charge is 1.00 e. The van der Waals surface area contributed by atoms with Gasteiger partial charge in [-0.15, -0.1) is 0 Å². The summed E-state index contributed by atoms with van der Waals surface area (Å²) in [7, 11) is 1.17. The minimum Gasteiger partial charge on any atom is -0.481 e. The molecule has 0 saturated carbocycles. The molecule has 0 fully saturated rings. The van der Waals surface area contributed by atoms with Crippen molar-refractivity contribution in [2.45, 2.75) is 4.90 Å². The molecule has 0 atom stereocenters. The molecule has 3 rings (SSSR count). The van der Waals surface area contributed by atoms with Gasteiger partial charge in [0.15, 0.2) is 0 Å². The Balaban J connectivity index is 0.00000261. The van der Waals surface area contributed by atoms with E-state index in [-0.39, 0.29) is 46.2 Å². The summed E-state index contributed by atoms with van der Waals surface area (Å²) in [5, 5.41) is 1.41. The Labute approximate surface area is 188 Å². The van der Waals surface area contributed by atoms with E-state index in [2.05, 4.69) is 30.6 Å². The maximum atomic E-state index is 12.9. The van der Waals surface area contributed by atoms with Crippen LogP contribution in [0.1, 0.15) is 0 Å². The van der Waals surface area contributed by atoms with Gasteiger partial charge in [0, 0.05) is 36.4 Å². The van der Waals surface area contributed by atoms with Crippen LogP contribution in [0.5, 0.6) is 5.88 Å². The average molecular weight is 459 g/mol. The number of sulfonamides is 1. The SMILES string of the molecule is COc1nc(Br)cnc1[N-]S(=O)(=O)c1cccc2c(N(C)C)cccc12.[Na+]. The molecular formula is C17H16BrN4NaO3S. The fourth-order valence-electron chi connectivity index (χ4n) is 2.59. The van der Waals surface area contributed by atoms with Crippen molar-refractivity contribution < 1.29 is 42.7 Å². The molecule has 0 radical (unpaired) electrons. The van der Waals surface area contributed by atoms with Crippen LogP contribution in [-0.2, 0) is 10.0 Å². The number of aromatic nitrogens is 2. The van der Waals surface area contributed by atoms with Gasteiger partial charge in [0.1, 0.15) is 4.60 Å². The van der Waals surface area contributed by atoms with Gasteiger partial charge in [-0.1, -0.05) is 24.3 Å². The molecule has 3 aromatic rings. The van der Waals surface area contributed by atoms with E-state index in [0.29, 0.717) is 9.99 Å². The Morgan fingerprint density at radius 2 is 1.78 bits per heavy atom. The van der Waals surface area contributed by atoms with E-state index in [1.807, 2.05) is 37.2 Å². The number of halogens is 1. The number of fused-ring (bicyclic) bond motifs is 1. The molecule has 1 heterocycles. The van der Waals surface area contributed by atoms with E-state index in [9.17, 15) is 8.42 Å². The second kappa shape index (κ2) is 8.74. The number of hydrogen-bond acceptors (Lipinski definition) is 6. The summed E-state index contributed by atoms with van der Waals surface area (Å²) < 4.78 is 35.2. The summed E-state index contributed by atoms with van der Waals surface area (Å²) in [6.45, 7) is 0. The number of benzene rings is 2. The van der Waals surface area contributed by atoms with E-state index in [0.717, 1.165) is 11.1 Å². The van der Waals surface area contributed by atoms with E-state index in [4.69, 9.17) is 4.74 Å². The molecule has 0 unspecified atom stereocenters. The Hall–Kier alpha value is -1.39. The molecule has 136 valence electrons. The van der Waals surface area contributed by atoms with Gasteiger partial charge in [-0.05, 0) is 34.3 Å².